The second-order valence-electron chi connectivity index (χ2n) is 9.84. The van der Waals surface area contributed by atoms with Crippen LogP contribution in [-0.2, 0) is 4.84 Å². The predicted octanol–water partition coefficient (Wildman–Crippen LogP) is 5.02. The summed E-state index contributed by atoms with van der Waals surface area (Å²) in [6.07, 6.45) is 9.99. The summed E-state index contributed by atoms with van der Waals surface area (Å²) in [5.74, 6) is 0.114. The van der Waals surface area contributed by atoms with Crippen LogP contribution >= 0.6 is 0 Å². The van der Waals surface area contributed by atoms with Crippen LogP contribution in [0.15, 0.2) is 54.6 Å². The number of carbonyl (C=O) groups is 2. The SMILES string of the molecule is C[C@@H]([NH2+]OC(=O)c1ccc(C(=[O+])C2C34CCCCC23CCCC4)cc1)c1ccccc1. The molecule has 1 atom stereocenters. The first kappa shape index (κ1) is 20.4. The second-order valence-corrected chi connectivity index (χ2v) is 9.84. The minimum Gasteiger partial charge on any atom is -0.274 e. The van der Waals surface area contributed by atoms with Gasteiger partial charge in [-0.2, -0.15) is 0 Å². The minimum absolute atomic E-state index is 0.0195. The first-order valence-corrected chi connectivity index (χ1v) is 11.8. The van der Waals surface area contributed by atoms with Gasteiger partial charge in [0.2, 0.25) is 4.79 Å². The molecule has 0 bridgehead atoms. The summed E-state index contributed by atoms with van der Waals surface area (Å²) >= 11 is 0. The molecule has 0 saturated heterocycles. The van der Waals surface area contributed by atoms with Gasteiger partial charge < -0.3 is 0 Å². The minimum atomic E-state index is -0.382. The molecule has 1 radical (unpaired) electrons. The van der Waals surface area contributed by atoms with Gasteiger partial charge in [0.25, 0.3) is 0 Å². The maximum absolute atomic E-state index is 13.5. The van der Waals surface area contributed by atoms with Crippen molar-refractivity contribution >= 4 is 11.8 Å². The van der Waals surface area contributed by atoms with Gasteiger partial charge in [0.15, 0.2) is 0 Å². The molecule has 0 aliphatic heterocycles. The quantitative estimate of drug-likeness (QED) is 0.407. The van der Waals surface area contributed by atoms with Crippen molar-refractivity contribution in [3.8, 4) is 0 Å². The molecule has 4 heteroatoms. The fourth-order valence-corrected chi connectivity index (χ4v) is 6.83. The Morgan fingerprint density at radius 2 is 1.42 bits per heavy atom. The molecule has 3 fully saturated rings. The molecule has 2 aromatic rings. The molecular weight excluding hydrogens is 386 g/mol. The maximum atomic E-state index is 13.5. The summed E-state index contributed by atoms with van der Waals surface area (Å²) in [4.78, 5) is 31.3. The normalized spacial score (nSPS) is 29.9. The Morgan fingerprint density at radius 3 is 1.97 bits per heavy atom. The van der Waals surface area contributed by atoms with Crippen LogP contribution in [0.3, 0.4) is 0 Å². The van der Waals surface area contributed by atoms with E-state index >= 15 is 0 Å². The molecule has 4 nitrogen and oxygen atoms in total. The lowest BCUT2D eigenvalue weighted by molar-refractivity contribution is -0.898. The fourth-order valence-electron chi connectivity index (χ4n) is 6.83. The molecular formula is C27H32NO3+2. The van der Waals surface area contributed by atoms with Gasteiger partial charge in [0.05, 0.1) is 11.1 Å². The number of hydrogen-bond donors (Lipinski definition) is 1. The molecule has 3 aliphatic rings. The number of hydrogen-bond acceptors (Lipinski definition) is 3. The van der Waals surface area contributed by atoms with Crippen LogP contribution in [0.25, 0.3) is 0 Å². The lowest BCUT2D eigenvalue weighted by Crippen LogP contribution is -2.84. The third-order valence-electron chi connectivity index (χ3n) is 8.38. The van der Waals surface area contributed by atoms with Crippen LogP contribution in [0.1, 0.15) is 90.6 Å². The third kappa shape index (κ3) is 3.32. The maximum Gasteiger partial charge on any atom is 0.478 e. The van der Waals surface area contributed by atoms with E-state index in [2.05, 4.69) is 0 Å². The van der Waals surface area contributed by atoms with E-state index in [1.165, 1.54) is 51.4 Å². The van der Waals surface area contributed by atoms with E-state index in [1.54, 1.807) is 17.6 Å². The van der Waals surface area contributed by atoms with Crippen molar-refractivity contribution in [3.63, 3.8) is 0 Å². The topological polar surface area (TPSA) is 62.8 Å². The molecule has 0 heterocycles. The number of Topliss-reactive ketones (excluding diaryl/α,β-unsaturated/α-hetero) is 1. The zero-order valence-electron chi connectivity index (χ0n) is 18.3. The van der Waals surface area contributed by atoms with Crippen LogP contribution in [0.4, 0.5) is 0 Å². The standard InChI is InChI=1S/C27H31NO3/c1-19(20-9-3-2-4-10-20)28-31-25(30)22-13-11-21(12-14-22)23(29)24-26-15-5-6-16-27(24,26)18-8-7-17-26/h2-4,9-14,19,24,28H,5-8,15-18H2,1H3/q+1/p+1/t19-,24?,26?,27?/m1/s1. The van der Waals surface area contributed by atoms with Crippen LogP contribution < -0.4 is 5.48 Å². The summed E-state index contributed by atoms with van der Waals surface area (Å²) in [6, 6.07) is 17.1. The van der Waals surface area contributed by atoms with E-state index in [0.717, 1.165) is 11.1 Å². The summed E-state index contributed by atoms with van der Waals surface area (Å²) in [5, 5.41) is 0. The van der Waals surface area contributed by atoms with E-state index in [1.807, 2.05) is 49.4 Å². The Labute approximate surface area is 184 Å². The Morgan fingerprint density at radius 1 is 0.903 bits per heavy atom. The van der Waals surface area contributed by atoms with Crippen LogP contribution in [0, 0.1) is 16.7 Å². The van der Waals surface area contributed by atoms with Gasteiger partial charge in [0.1, 0.15) is 12.0 Å². The van der Waals surface area contributed by atoms with Crippen molar-refractivity contribution in [1.82, 2.24) is 0 Å². The van der Waals surface area contributed by atoms with Gasteiger partial charge in [-0.1, -0.05) is 56.0 Å². The smallest absolute Gasteiger partial charge is 0.274 e. The molecule has 3 aliphatic carbocycles. The van der Waals surface area contributed by atoms with Gasteiger partial charge >= 0.3 is 11.8 Å². The lowest BCUT2D eigenvalue weighted by Gasteiger charge is -2.33. The molecule has 3 saturated carbocycles. The van der Waals surface area contributed by atoms with Crippen molar-refractivity contribution in [1.29, 1.82) is 0 Å². The van der Waals surface area contributed by atoms with Crippen molar-refractivity contribution in [2.75, 3.05) is 0 Å². The molecule has 2 aromatic carbocycles. The Bertz CT molecular complexity index is 932. The molecule has 0 amide bonds. The van der Waals surface area contributed by atoms with E-state index in [9.17, 15) is 9.59 Å². The third-order valence-corrected chi connectivity index (χ3v) is 8.38. The average molecular weight is 419 g/mol. The van der Waals surface area contributed by atoms with Crippen LogP contribution in [-0.4, -0.2) is 11.8 Å². The largest absolute Gasteiger partial charge is 0.478 e. The highest BCUT2D eigenvalue weighted by Crippen LogP contribution is 2.81. The first-order chi connectivity index (χ1) is 15.1. The number of carbonyl (C=O) groups excluding carboxylic acids is 2. The van der Waals surface area contributed by atoms with Gasteiger partial charge in [-0.3, -0.25) is 4.84 Å². The summed E-state index contributed by atoms with van der Waals surface area (Å²) in [5.41, 5.74) is 4.46. The number of nitrogens with two attached hydrogens (primary N) is 1. The molecule has 0 aromatic heterocycles. The number of ketones is 1. The number of quaternary nitrogens is 1. The molecule has 161 valence electrons. The molecule has 31 heavy (non-hydrogen) atoms. The first-order valence-electron chi connectivity index (χ1n) is 11.8. The van der Waals surface area contributed by atoms with E-state index in [4.69, 9.17) is 4.84 Å². The second kappa shape index (κ2) is 7.90. The van der Waals surface area contributed by atoms with Crippen molar-refractivity contribution in [3.05, 3.63) is 71.3 Å². The van der Waals surface area contributed by atoms with E-state index in [-0.39, 0.29) is 28.8 Å². The van der Waals surface area contributed by atoms with E-state index in [0.29, 0.717) is 11.3 Å². The van der Waals surface area contributed by atoms with Gasteiger partial charge in [-0.15, -0.1) is 5.48 Å². The molecule has 5 rings (SSSR count). The molecule has 0 spiro atoms. The fraction of sp³-hybridized carbons (Fsp3) is 0.481. The molecule has 0 unspecified atom stereocenters. The highest BCUT2D eigenvalue weighted by atomic mass is 16.7. The number of benzene rings is 2. The number of rotatable bonds is 6. The monoisotopic (exact) mass is 418 g/mol. The van der Waals surface area contributed by atoms with Gasteiger partial charge in [-0.25, -0.2) is 4.79 Å². The van der Waals surface area contributed by atoms with Crippen molar-refractivity contribution in [2.24, 2.45) is 16.7 Å². The highest BCUT2D eigenvalue weighted by Gasteiger charge is 2.81. The van der Waals surface area contributed by atoms with E-state index < -0.39 is 0 Å². The molecule has 2 N–H and O–H groups in total. The van der Waals surface area contributed by atoms with Crippen molar-refractivity contribution < 1.29 is 19.9 Å². The van der Waals surface area contributed by atoms with Crippen LogP contribution in [0.5, 0.6) is 0 Å². The summed E-state index contributed by atoms with van der Waals surface area (Å²) in [6.45, 7) is 2.00. The number of hydroxylamine groups is 1. The zero-order valence-corrected chi connectivity index (χ0v) is 18.3. The van der Waals surface area contributed by atoms with Gasteiger partial charge in [-0.05, 0) is 67.7 Å². The summed E-state index contributed by atoms with van der Waals surface area (Å²) < 4.78 is 0. The zero-order chi connectivity index (χ0) is 21.5. The van der Waals surface area contributed by atoms with Crippen molar-refractivity contribution in [2.45, 2.75) is 64.3 Å². The highest BCUT2D eigenvalue weighted by molar-refractivity contribution is 6.02. The Kier molecular flexibility index (Phi) is 5.21. The average Bonchev–Trinajstić information content (AvgIpc) is 3.47. The van der Waals surface area contributed by atoms with Crippen LogP contribution in [0.2, 0.25) is 0 Å². The summed E-state index contributed by atoms with van der Waals surface area (Å²) in [7, 11) is 0. The Hall–Kier alpha value is -2.46. The predicted molar refractivity (Wildman–Crippen MR) is 118 cm³/mol. The Balaban J connectivity index is 1.24. The van der Waals surface area contributed by atoms with Gasteiger partial charge in [0, 0.05) is 5.56 Å². The lowest BCUT2D eigenvalue weighted by atomic mass is 9.71.